The molecule has 1 aromatic rings. The Morgan fingerprint density at radius 1 is 1.15 bits per heavy atom. The highest BCUT2D eigenvalue weighted by Crippen LogP contribution is 2.28. The molecule has 1 atom stereocenters. The predicted octanol–water partition coefficient (Wildman–Crippen LogP) is 3.78. The van der Waals surface area contributed by atoms with Crippen LogP contribution in [0.25, 0.3) is 0 Å². The number of rotatable bonds is 7. The number of hydrogen-bond donors (Lipinski definition) is 1. The second-order valence-electron chi connectivity index (χ2n) is 5.89. The van der Waals surface area contributed by atoms with Crippen LogP contribution in [0.5, 0.6) is 0 Å². The summed E-state index contributed by atoms with van der Waals surface area (Å²) in [7, 11) is 0. The first-order valence-corrected chi connectivity index (χ1v) is 8.38. The summed E-state index contributed by atoms with van der Waals surface area (Å²) >= 11 is 0. The third kappa shape index (κ3) is 4.32. The molecule has 0 heterocycles. The van der Waals surface area contributed by atoms with Crippen molar-refractivity contribution in [2.45, 2.75) is 52.0 Å². The van der Waals surface area contributed by atoms with Crippen molar-refractivity contribution in [2.75, 3.05) is 26.2 Å². The Kier molecular flexibility index (Phi) is 6.55. The molecule has 0 radical (unpaired) electrons. The van der Waals surface area contributed by atoms with Gasteiger partial charge in [-0.2, -0.15) is 0 Å². The molecule has 2 heteroatoms. The summed E-state index contributed by atoms with van der Waals surface area (Å²) in [6.07, 6.45) is 6.48. The SMILES string of the molecule is CCCN(CC)CCNC1CCCCc2ccccc21. The lowest BCUT2D eigenvalue weighted by atomic mass is 9.99. The Morgan fingerprint density at radius 3 is 2.80 bits per heavy atom. The van der Waals surface area contributed by atoms with E-state index in [1.807, 2.05) is 0 Å². The Labute approximate surface area is 124 Å². The summed E-state index contributed by atoms with van der Waals surface area (Å²) in [4.78, 5) is 2.54. The Balaban J connectivity index is 1.89. The molecule has 1 unspecified atom stereocenters. The second-order valence-corrected chi connectivity index (χ2v) is 5.89. The molecule has 1 N–H and O–H groups in total. The van der Waals surface area contributed by atoms with Crippen molar-refractivity contribution in [3.05, 3.63) is 35.4 Å². The van der Waals surface area contributed by atoms with Crippen molar-refractivity contribution in [1.82, 2.24) is 10.2 Å². The highest BCUT2D eigenvalue weighted by molar-refractivity contribution is 5.31. The van der Waals surface area contributed by atoms with Gasteiger partial charge in [0.1, 0.15) is 0 Å². The van der Waals surface area contributed by atoms with Gasteiger partial charge in [0.2, 0.25) is 0 Å². The zero-order valence-electron chi connectivity index (χ0n) is 13.2. The molecule has 0 aromatic heterocycles. The molecule has 20 heavy (non-hydrogen) atoms. The molecule has 0 saturated heterocycles. The third-order valence-corrected chi connectivity index (χ3v) is 4.43. The summed E-state index contributed by atoms with van der Waals surface area (Å²) in [5.74, 6) is 0. The van der Waals surface area contributed by atoms with Crippen LogP contribution in [0.2, 0.25) is 0 Å². The van der Waals surface area contributed by atoms with E-state index in [-0.39, 0.29) is 0 Å². The second kappa shape index (κ2) is 8.43. The van der Waals surface area contributed by atoms with Gasteiger partial charge < -0.3 is 10.2 Å². The van der Waals surface area contributed by atoms with E-state index < -0.39 is 0 Å². The molecule has 0 spiro atoms. The molecule has 0 amide bonds. The highest BCUT2D eigenvalue weighted by atomic mass is 15.1. The number of nitrogens with one attached hydrogen (secondary N) is 1. The van der Waals surface area contributed by atoms with Gasteiger partial charge in [-0.25, -0.2) is 0 Å². The molecule has 1 aliphatic carbocycles. The summed E-state index contributed by atoms with van der Waals surface area (Å²) in [6, 6.07) is 9.57. The average molecular weight is 274 g/mol. The molecule has 2 nitrogen and oxygen atoms in total. The fourth-order valence-corrected chi connectivity index (χ4v) is 3.27. The lowest BCUT2D eigenvalue weighted by Crippen LogP contribution is -2.34. The first-order chi connectivity index (χ1) is 9.85. The third-order valence-electron chi connectivity index (χ3n) is 4.43. The maximum atomic E-state index is 3.80. The minimum Gasteiger partial charge on any atom is -0.309 e. The van der Waals surface area contributed by atoms with Crippen LogP contribution in [0, 0.1) is 0 Å². The Morgan fingerprint density at radius 2 is 2.00 bits per heavy atom. The van der Waals surface area contributed by atoms with Gasteiger partial charge >= 0.3 is 0 Å². The average Bonchev–Trinajstić information content (AvgIpc) is 2.69. The molecule has 1 aliphatic rings. The van der Waals surface area contributed by atoms with Gasteiger partial charge in [-0.3, -0.25) is 0 Å². The van der Waals surface area contributed by atoms with Crippen LogP contribution in [0.3, 0.4) is 0 Å². The molecule has 0 fully saturated rings. The lowest BCUT2D eigenvalue weighted by molar-refractivity contribution is 0.281. The van der Waals surface area contributed by atoms with Crippen LogP contribution >= 0.6 is 0 Å². The van der Waals surface area contributed by atoms with Crippen molar-refractivity contribution < 1.29 is 0 Å². The van der Waals surface area contributed by atoms with E-state index in [0.29, 0.717) is 6.04 Å². The maximum absolute atomic E-state index is 3.80. The van der Waals surface area contributed by atoms with E-state index in [1.54, 1.807) is 11.1 Å². The van der Waals surface area contributed by atoms with Crippen LogP contribution < -0.4 is 5.32 Å². The van der Waals surface area contributed by atoms with Gasteiger partial charge in [-0.15, -0.1) is 0 Å². The molecule has 1 aromatic carbocycles. The van der Waals surface area contributed by atoms with E-state index in [0.717, 1.165) is 13.1 Å². The summed E-state index contributed by atoms with van der Waals surface area (Å²) in [6.45, 7) is 9.18. The van der Waals surface area contributed by atoms with Crippen molar-refractivity contribution in [2.24, 2.45) is 0 Å². The van der Waals surface area contributed by atoms with Crippen molar-refractivity contribution in [3.8, 4) is 0 Å². The fourth-order valence-electron chi connectivity index (χ4n) is 3.27. The fraction of sp³-hybridized carbons (Fsp3) is 0.667. The zero-order valence-corrected chi connectivity index (χ0v) is 13.2. The Hall–Kier alpha value is -0.860. The monoisotopic (exact) mass is 274 g/mol. The lowest BCUT2D eigenvalue weighted by Gasteiger charge is -2.23. The number of aryl methyl sites for hydroxylation is 1. The van der Waals surface area contributed by atoms with E-state index in [1.165, 1.54) is 45.2 Å². The van der Waals surface area contributed by atoms with E-state index in [9.17, 15) is 0 Å². The predicted molar refractivity (Wildman–Crippen MR) is 87.1 cm³/mol. The van der Waals surface area contributed by atoms with Crippen LogP contribution in [-0.4, -0.2) is 31.1 Å². The van der Waals surface area contributed by atoms with Gasteiger partial charge in [-0.1, -0.05) is 44.5 Å². The summed E-state index contributed by atoms with van der Waals surface area (Å²) in [5.41, 5.74) is 3.10. The van der Waals surface area contributed by atoms with E-state index in [2.05, 4.69) is 48.3 Å². The topological polar surface area (TPSA) is 15.3 Å². The van der Waals surface area contributed by atoms with Crippen LogP contribution in [-0.2, 0) is 6.42 Å². The summed E-state index contributed by atoms with van der Waals surface area (Å²) in [5, 5.41) is 3.80. The quantitative estimate of drug-likeness (QED) is 0.761. The molecular formula is C18H30N2. The van der Waals surface area contributed by atoms with E-state index in [4.69, 9.17) is 0 Å². The zero-order chi connectivity index (χ0) is 14.2. The number of hydrogen-bond acceptors (Lipinski definition) is 2. The first-order valence-electron chi connectivity index (χ1n) is 8.38. The normalized spacial score (nSPS) is 18.9. The minimum atomic E-state index is 0.564. The van der Waals surface area contributed by atoms with E-state index >= 15 is 0 Å². The van der Waals surface area contributed by atoms with Crippen molar-refractivity contribution in [3.63, 3.8) is 0 Å². The van der Waals surface area contributed by atoms with Crippen LogP contribution in [0.15, 0.2) is 24.3 Å². The number of benzene rings is 1. The highest BCUT2D eigenvalue weighted by Gasteiger charge is 2.17. The van der Waals surface area contributed by atoms with Crippen molar-refractivity contribution >= 4 is 0 Å². The molecule has 0 aliphatic heterocycles. The van der Waals surface area contributed by atoms with Gasteiger partial charge in [0, 0.05) is 19.1 Å². The van der Waals surface area contributed by atoms with Gasteiger partial charge in [0.25, 0.3) is 0 Å². The number of fused-ring (bicyclic) bond motifs is 1. The number of nitrogens with zero attached hydrogens (tertiary/aromatic N) is 1. The molecule has 2 rings (SSSR count). The molecule has 112 valence electrons. The van der Waals surface area contributed by atoms with Gasteiger partial charge in [0.15, 0.2) is 0 Å². The standard InChI is InChI=1S/C18H30N2/c1-3-14-20(4-2)15-13-19-18-12-8-6-10-16-9-5-7-11-17(16)18/h5,7,9,11,18-19H,3-4,6,8,10,12-15H2,1-2H3. The Bertz CT molecular complexity index is 389. The molecular weight excluding hydrogens is 244 g/mol. The van der Waals surface area contributed by atoms with Crippen LogP contribution in [0.4, 0.5) is 0 Å². The first kappa shape index (κ1) is 15.5. The molecule has 0 bridgehead atoms. The van der Waals surface area contributed by atoms with Crippen molar-refractivity contribution in [1.29, 1.82) is 0 Å². The van der Waals surface area contributed by atoms with Gasteiger partial charge in [-0.05, 0) is 49.9 Å². The van der Waals surface area contributed by atoms with Crippen LogP contribution in [0.1, 0.15) is 56.7 Å². The summed E-state index contributed by atoms with van der Waals surface area (Å²) < 4.78 is 0. The largest absolute Gasteiger partial charge is 0.309 e. The maximum Gasteiger partial charge on any atom is 0.0323 e. The smallest absolute Gasteiger partial charge is 0.0323 e. The number of likely N-dealkylation sites (N-methyl/N-ethyl adjacent to an activating group) is 1. The molecule has 0 saturated carbocycles. The van der Waals surface area contributed by atoms with Gasteiger partial charge in [0.05, 0.1) is 0 Å². The minimum absolute atomic E-state index is 0.564.